The van der Waals surface area contributed by atoms with E-state index in [-0.39, 0.29) is 5.97 Å². The summed E-state index contributed by atoms with van der Waals surface area (Å²) in [7, 11) is 1.39. The van der Waals surface area contributed by atoms with Crippen LogP contribution in [0.5, 0.6) is 0 Å². The van der Waals surface area contributed by atoms with Gasteiger partial charge in [0.15, 0.2) is 0 Å². The van der Waals surface area contributed by atoms with Crippen LogP contribution in [0, 0.1) is 0 Å². The molecule has 19 heavy (non-hydrogen) atoms. The van der Waals surface area contributed by atoms with Gasteiger partial charge in [0.2, 0.25) is 0 Å². The van der Waals surface area contributed by atoms with Gasteiger partial charge >= 0.3 is 5.97 Å². The number of methoxy groups -OCH3 is 1. The lowest BCUT2D eigenvalue weighted by Gasteiger charge is -2.09. The number of carbonyl (C=O) groups excluding carboxylic acids is 1. The van der Waals surface area contributed by atoms with Crippen molar-refractivity contribution in [2.45, 2.75) is 13.1 Å². The summed E-state index contributed by atoms with van der Waals surface area (Å²) < 4.78 is 4.77. The number of pyridine rings is 1. The van der Waals surface area contributed by atoms with Crippen molar-refractivity contribution in [1.82, 2.24) is 10.3 Å². The van der Waals surface area contributed by atoms with Crippen molar-refractivity contribution in [1.29, 1.82) is 0 Å². The zero-order chi connectivity index (χ0) is 13.5. The van der Waals surface area contributed by atoms with E-state index in [0.29, 0.717) is 12.1 Å². The van der Waals surface area contributed by atoms with Crippen LogP contribution in [0.15, 0.2) is 48.8 Å². The number of aromatic nitrogens is 1. The van der Waals surface area contributed by atoms with Crippen molar-refractivity contribution < 1.29 is 9.53 Å². The Bertz CT molecular complexity index is 541. The van der Waals surface area contributed by atoms with E-state index in [1.165, 1.54) is 7.11 Å². The molecule has 0 aliphatic carbocycles. The van der Waals surface area contributed by atoms with Crippen LogP contribution in [0.4, 0.5) is 0 Å². The molecular formula is C15H16N2O2. The summed E-state index contributed by atoms with van der Waals surface area (Å²) in [6, 6.07) is 11.4. The van der Waals surface area contributed by atoms with Gasteiger partial charge in [0.1, 0.15) is 0 Å². The van der Waals surface area contributed by atoms with E-state index in [9.17, 15) is 4.79 Å². The van der Waals surface area contributed by atoms with Gasteiger partial charge in [-0.1, -0.05) is 18.2 Å². The molecule has 0 fully saturated rings. The largest absolute Gasteiger partial charge is 0.465 e. The Labute approximate surface area is 112 Å². The third-order valence-electron chi connectivity index (χ3n) is 2.82. The molecule has 0 unspecified atom stereocenters. The van der Waals surface area contributed by atoms with Crippen LogP contribution in [0.1, 0.15) is 21.5 Å². The first kappa shape index (κ1) is 13.2. The smallest absolute Gasteiger partial charge is 0.338 e. The third-order valence-corrected chi connectivity index (χ3v) is 2.82. The molecule has 4 heteroatoms. The molecule has 0 radical (unpaired) electrons. The molecule has 0 saturated carbocycles. The minimum atomic E-state index is -0.304. The van der Waals surface area contributed by atoms with Crippen LogP contribution < -0.4 is 5.32 Å². The molecule has 2 aromatic rings. The maximum absolute atomic E-state index is 11.6. The van der Waals surface area contributed by atoms with Crippen LogP contribution >= 0.6 is 0 Å². The molecule has 1 heterocycles. The molecule has 0 aliphatic heterocycles. The number of rotatable bonds is 5. The maximum Gasteiger partial charge on any atom is 0.338 e. The van der Waals surface area contributed by atoms with Crippen LogP contribution in [-0.2, 0) is 17.8 Å². The van der Waals surface area contributed by atoms with E-state index >= 15 is 0 Å². The summed E-state index contributed by atoms with van der Waals surface area (Å²) >= 11 is 0. The predicted molar refractivity (Wildman–Crippen MR) is 72.6 cm³/mol. The highest BCUT2D eigenvalue weighted by Gasteiger charge is 2.09. The lowest BCUT2D eigenvalue weighted by Crippen LogP contribution is -2.16. The quantitative estimate of drug-likeness (QED) is 0.833. The summed E-state index contributed by atoms with van der Waals surface area (Å²) in [4.78, 5) is 15.6. The fourth-order valence-electron chi connectivity index (χ4n) is 1.83. The Hall–Kier alpha value is -2.20. The molecule has 0 aliphatic rings. The molecule has 0 spiro atoms. The van der Waals surface area contributed by atoms with Crippen molar-refractivity contribution in [3.8, 4) is 0 Å². The first-order valence-corrected chi connectivity index (χ1v) is 6.07. The summed E-state index contributed by atoms with van der Waals surface area (Å²) in [6.45, 7) is 1.35. The Kier molecular flexibility index (Phi) is 4.64. The van der Waals surface area contributed by atoms with Crippen LogP contribution in [0.25, 0.3) is 0 Å². The highest BCUT2D eigenvalue weighted by molar-refractivity contribution is 5.90. The molecular weight excluding hydrogens is 240 g/mol. The number of hydrogen-bond donors (Lipinski definition) is 1. The van der Waals surface area contributed by atoms with Crippen molar-refractivity contribution >= 4 is 5.97 Å². The van der Waals surface area contributed by atoms with E-state index in [2.05, 4.69) is 10.3 Å². The normalized spacial score (nSPS) is 10.2. The fourth-order valence-corrected chi connectivity index (χ4v) is 1.83. The zero-order valence-corrected chi connectivity index (χ0v) is 10.8. The number of carbonyl (C=O) groups is 1. The number of esters is 1. The molecule has 1 N–H and O–H groups in total. The minimum absolute atomic E-state index is 0.304. The molecule has 0 bridgehead atoms. The molecule has 2 rings (SSSR count). The van der Waals surface area contributed by atoms with Crippen molar-refractivity contribution in [2.24, 2.45) is 0 Å². The molecule has 4 nitrogen and oxygen atoms in total. The van der Waals surface area contributed by atoms with Crippen molar-refractivity contribution in [3.05, 3.63) is 65.5 Å². The Morgan fingerprint density at radius 2 is 1.89 bits per heavy atom. The highest BCUT2D eigenvalue weighted by atomic mass is 16.5. The SMILES string of the molecule is COC(=O)c1ccccc1CNCc1ccncc1. The third kappa shape index (κ3) is 3.63. The van der Waals surface area contributed by atoms with E-state index in [1.54, 1.807) is 18.5 Å². The highest BCUT2D eigenvalue weighted by Crippen LogP contribution is 2.10. The summed E-state index contributed by atoms with van der Waals surface area (Å²) in [5.74, 6) is -0.304. The molecule has 1 aromatic heterocycles. The first-order valence-electron chi connectivity index (χ1n) is 6.07. The van der Waals surface area contributed by atoms with Gasteiger partial charge in [-0.15, -0.1) is 0 Å². The second-order valence-electron chi connectivity index (χ2n) is 4.11. The van der Waals surface area contributed by atoms with Gasteiger partial charge in [0.05, 0.1) is 12.7 Å². The average molecular weight is 256 g/mol. The topological polar surface area (TPSA) is 51.2 Å². The van der Waals surface area contributed by atoms with Gasteiger partial charge in [-0.2, -0.15) is 0 Å². The molecule has 98 valence electrons. The van der Waals surface area contributed by atoms with Crippen molar-refractivity contribution in [2.75, 3.05) is 7.11 Å². The average Bonchev–Trinajstić information content (AvgIpc) is 2.48. The molecule has 0 saturated heterocycles. The summed E-state index contributed by atoms with van der Waals surface area (Å²) in [5.41, 5.74) is 2.70. The standard InChI is InChI=1S/C15H16N2O2/c1-19-15(18)14-5-3-2-4-13(14)11-17-10-12-6-8-16-9-7-12/h2-9,17H,10-11H2,1H3. The van der Waals surface area contributed by atoms with Crippen LogP contribution in [0.3, 0.4) is 0 Å². The summed E-state index contributed by atoms with van der Waals surface area (Å²) in [5, 5.41) is 3.30. The van der Waals surface area contributed by atoms with E-state index in [4.69, 9.17) is 4.74 Å². The first-order chi connectivity index (χ1) is 9.31. The Morgan fingerprint density at radius 1 is 1.16 bits per heavy atom. The van der Waals surface area contributed by atoms with Crippen LogP contribution in [0.2, 0.25) is 0 Å². The van der Waals surface area contributed by atoms with E-state index in [0.717, 1.165) is 17.7 Å². The molecule has 0 amide bonds. The number of ether oxygens (including phenoxy) is 1. The lowest BCUT2D eigenvalue weighted by atomic mass is 10.1. The van der Waals surface area contributed by atoms with Gasteiger partial charge < -0.3 is 10.1 Å². The van der Waals surface area contributed by atoms with Gasteiger partial charge in [-0.25, -0.2) is 4.79 Å². The van der Waals surface area contributed by atoms with Crippen molar-refractivity contribution in [3.63, 3.8) is 0 Å². The Morgan fingerprint density at radius 3 is 2.63 bits per heavy atom. The molecule has 1 aromatic carbocycles. The van der Waals surface area contributed by atoms with Crippen LogP contribution in [-0.4, -0.2) is 18.1 Å². The Balaban J connectivity index is 1.98. The van der Waals surface area contributed by atoms with Gasteiger partial charge in [-0.05, 0) is 29.3 Å². The number of benzene rings is 1. The number of hydrogen-bond acceptors (Lipinski definition) is 4. The second kappa shape index (κ2) is 6.66. The fraction of sp³-hybridized carbons (Fsp3) is 0.200. The second-order valence-corrected chi connectivity index (χ2v) is 4.11. The summed E-state index contributed by atoms with van der Waals surface area (Å²) in [6.07, 6.45) is 3.53. The van der Waals surface area contributed by atoms with Gasteiger partial charge in [0, 0.05) is 25.5 Å². The molecule has 0 atom stereocenters. The number of nitrogens with one attached hydrogen (secondary N) is 1. The van der Waals surface area contributed by atoms with Gasteiger partial charge in [0.25, 0.3) is 0 Å². The monoisotopic (exact) mass is 256 g/mol. The number of nitrogens with zero attached hydrogens (tertiary/aromatic N) is 1. The van der Waals surface area contributed by atoms with E-state index < -0.39 is 0 Å². The maximum atomic E-state index is 11.6. The minimum Gasteiger partial charge on any atom is -0.465 e. The van der Waals surface area contributed by atoms with Gasteiger partial charge in [-0.3, -0.25) is 4.98 Å². The van der Waals surface area contributed by atoms with E-state index in [1.807, 2.05) is 30.3 Å². The predicted octanol–water partition coefficient (Wildman–Crippen LogP) is 2.16. The lowest BCUT2D eigenvalue weighted by molar-refractivity contribution is 0.0599. The zero-order valence-electron chi connectivity index (χ0n) is 10.8.